The number of aromatic hydroxyl groups is 1. The highest BCUT2D eigenvalue weighted by Crippen LogP contribution is 2.27. The van der Waals surface area contributed by atoms with Crippen LogP contribution in [0, 0.1) is 5.82 Å². The first-order chi connectivity index (χ1) is 8.20. The third-order valence-corrected chi connectivity index (χ3v) is 2.94. The second-order valence-electron chi connectivity index (χ2n) is 4.15. The molecule has 1 aromatic rings. The maximum Gasteiger partial charge on any atom is 0.169 e. The van der Waals surface area contributed by atoms with Crippen molar-refractivity contribution in [3.05, 3.63) is 23.5 Å². The molecule has 0 spiro atoms. The molecule has 17 heavy (non-hydrogen) atoms. The molecule has 0 unspecified atom stereocenters. The molecule has 1 aliphatic heterocycles. The average molecular weight is 240 g/mol. The van der Waals surface area contributed by atoms with Crippen LogP contribution in [0.4, 0.5) is 4.39 Å². The van der Waals surface area contributed by atoms with E-state index in [0.29, 0.717) is 17.9 Å². The molecule has 0 radical (unpaired) electrons. The highest BCUT2D eigenvalue weighted by Gasteiger charge is 2.15. The number of rotatable bonds is 3. The lowest BCUT2D eigenvalue weighted by molar-refractivity contribution is 0.229. The highest BCUT2D eigenvalue weighted by atomic mass is 19.1. The predicted molar refractivity (Wildman–Crippen MR) is 62.8 cm³/mol. The summed E-state index contributed by atoms with van der Waals surface area (Å²) in [5, 5.41) is 12.7. The number of piperazine rings is 1. The van der Waals surface area contributed by atoms with Crippen LogP contribution >= 0.6 is 0 Å². The van der Waals surface area contributed by atoms with Crippen molar-refractivity contribution in [1.82, 2.24) is 10.2 Å². The number of methoxy groups -OCH3 is 1. The summed E-state index contributed by atoms with van der Waals surface area (Å²) in [6.45, 7) is 4.10. The Morgan fingerprint density at radius 2 is 2.12 bits per heavy atom. The molecule has 1 aliphatic rings. The van der Waals surface area contributed by atoms with Gasteiger partial charge in [-0.3, -0.25) is 4.90 Å². The fourth-order valence-corrected chi connectivity index (χ4v) is 1.98. The summed E-state index contributed by atoms with van der Waals surface area (Å²) < 4.78 is 18.7. The van der Waals surface area contributed by atoms with Gasteiger partial charge < -0.3 is 15.2 Å². The number of phenolic OH excluding ortho intramolecular Hbond substituents is 1. The van der Waals surface area contributed by atoms with Gasteiger partial charge in [-0.15, -0.1) is 0 Å². The largest absolute Gasteiger partial charge is 0.505 e. The zero-order chi connectivity index (χ0) is 12.3. The Bertz CT molecular complexity index is 392. The van der Waals surface area contributed by atoms with Crippen molar-refractivity contribution < 1.29 is 14.2 Å². The quantitative estimate of drug-likeness (QED) is 0.825. The topological polar surface area (TPSA) is 44.7 Å². The second kappa shape index (κ2) is 5.33. The highest BCUT2D eigenvalue weighted by molar-refractivity contribution is 5.39. The van der Waals surface area contributed by atoms with Gasteiger partial charge in [0, 0.05) is 44.4 Å². The molecule has 1 fully saturated rings. The summed E-state index contributed by atoms with van der Waals surface area (Å²) in [5.74, 6) is -0.423. The zero-order valence-corrected chi connectivity index (χ0v) is 9.87. The Kier molecular flexibility index (Phi) is 3.81. The van der Waals surface area contributed by atoms with Crippen molar-refractivity contribution in [2.75, 3.05) is 33.3 Å². The van der Waals surface area contributed by atoms with Crippen molar-refractivity contribution in [3.63, 3.8) is 0 Å². The number of hydrogen-bond donors (Lipinski definition) is 2. The number of benzene rings is 1. The van der Waals surface area contributed by atoms with E-state index in [1.807, 2.05) is 0 Å². The van der Waals surface area contributed by atoms with Crippen LogP contribution in [0.3, 0.4) is 0 Å². The third-order valence-electron chi connectivity index (χ3n) is 2.94. The van der Waals surface area contributed by atoms with Gasteiger partial charge in [0.05, 0.1) is 7.11 Å². The summed E-state index contributed by atoms with van der Waals surface area (Å²) >= 11 is 0. The molecule has 2 N–H and O–H groups in total. The molecule has 0 aliphatic carbocycles. The number of hydrogen-bond acceptors (Lipinski definition) is 4. The Hall–Kier alpha value is -1.33. The first-order valence-corrected chi connectivity index (χ1v) is 5.69. The third kappa shape index (κ3) is 2.87. The van der Waals surface area contributed by atoms with Crippen molar-refractivity contribution in [2.45, 2.75) is 6.54 Å². The number of ether oxygens (including phenoxy) is 1. The van der Waals surface area contributed by atoms with E-state index >= 15 is 0 Å². The summed E-state index contributed by atoms with van der Waals surface area (Å²) in [6.07, 6.45) is 0. The number of nitrogens with zero attached hydrogens (tertiary/aromatic N) is 1. The van der Waals surface area contributed by atoms with Gasteiger partial charge >= 0.3 is 0 Å². The van der Waals surface area contributed by atoms with Crippen LogP contribution in [0.15, 0.2) is 12.1 Å². The van der Waals surface area contributed by atoms with Gasteiger partial charge in [-0.1, -0.05) is 0 Å². The minimum atomic E-state index is -0.552. The van der Waals surface area contributed by atoms with Crippen LogP contribution in [-0.4, -0.2) is 43.3 Å². The van der Waals surface area contributed by atoms with Crippen LogP contribution in [0.1, 0.15) is 5.56 Å². The summed E-state index contributed by atoms with van der Waals surface area (Å²) in [7, 11) is 1.50. The monoisotopic (exact) mass is 240 g/mol. The molecule has 5 heteroatoms. The molecule has 4 nitrogen and oxygen atoms in total. The van der Waals surface area contributed by atoms with Gasteiger partial charge in [0.1, 0.15) is 5.75 Å². The van der Waals surface area contributed by atoms with Crippen LogP contribution in [0.2, 0.25) is 0 Å². The Labute approximate surface area is 100.0 Å². The fourth-order valence-electron chi connectivity index (χ4n) is 1.98. The molecule has 0 aromatic heterocycles. The Balaban J connectivity index is 2.15. The van der Waals surface area contributed by atoms with Gasteiger partial charge in [0.15, 0.2) is 11.6 Å². The van der Waals surface area contributed by atoms with Crippen molar-refractivity contribution >= 4 is 0 Å². The van der Waals surface area contributed by atoms with E-state index < -0.39 is 5.82 Å². The van der Waals surface area contributed by atoms with Crippen LogP contribution in [0.5, 0.6) is 11.5 Å². The molecule has 0 saturated carbocycles. The predicted octanol–water partition coefficient (Wildman–Crippen LogP) is 0.945. The van der Waals surface area contributed by atoms with Gasteiger partial charge in [0.25, 0.3) is 0 Å². The lowest BCUT2D eigenvalue weighted by atomic mass is 10.1. The molecule has 0 atom stereocenters. The number of phenols is 1. The number of halogens is 1. The van der Waals surface area contributed by atoms with Crippen molar-refractivity contribution in [2.24, 2.45) is 0 Å². The van der Waals surface area contributed by atoms with Crippen LogP contribution < -0.4 is 10.1 Å². The first kappa shape index (κ1) is 12.1. The Morgan fingerprint density at radius 3 is 2.76 bits per heavy atom. The van der Waals surface area contributed by atoms with E-state index in [2.05, 4.69) is 10.2 Å². The number of nitrogens with one attached hydrogen (secondary N) is 1. The molecular weight excluding hydrogens is 223 g/mol. The molecule has 1 saturated heterocycles. The molecular formula is C12H17FN2O2. The SMILES string of the molecule is COc1cc(O)c(F)c(CN2CCNCC2)c1. The molecule has 1 aromatic carbocycles. The smallest absolute Gasteiger partial charge is 0.169 e. The van der Waals surface area contributed by atoms with E-state index in [9.17, 15) is 9.50 Å². The van der Waals surface area contributed by atoms with E-state index in [1.165, 1.54) is 13.2 Å². The van der Waals surface area contributed by atoms with Gasteiger partial charge in [-0.2, -0.15) is 0 Å². The minimum absolute atomic E-state index is 0.352. The molecule has 1 heterocycles. The van der Waals surface area contributed by atoms with E-state index in [0.717, 1.165) is 26.2 Å². The van der Waals surface area contributed by atoms with Crippen molar-refractivity contribution in [1.29, 1.82) is 0 Å². The van der Waals surface area contributed by atoms with Crippen LogP contribution in [0.25, 0.3) is 0 Å². The average Bonchev–Trinajstić information content (AvgIpc) is 2.36. The lowest BCUT2D eigenvalue weighted by Crippen LogP contribution is -2.43. The molecule has 2 rings (SSSR count). The summed E-state index contributed by atoms with van der Waals surface area (Å²) in [5.41, 5.74) is 0.476. The van der Waals surface area contributed by atoms with Crippen molar-refractivity contribution in [3.8, 4) is 11.5 Å². The van der Waals surface area contributed by atoms with E-state index in [1.54, 1.807) is 6.07 Å². The van der Waals surface area contributed by atoms with Gasteiger partial charge in [-0.05, 0) is 6.07 Å². The maximum atomic E-state index is 13.7. The summed E-state index contributed by atoms with van der Waals surface area (Å²) in [4.78, 5) is 2.15. The molecule has 0 bridgehead atoms. The normalized spacial score (nSPS) is 17.1. The maximum absolute atomic E-state index is 13.7. The fraction of sp³-hybridized carbons (Fsp3) is 0.500. The second-order valence-corrected chi connectivity index (χ2v) is 4.15. The minimum Gasteiger partial charge on any atom is -0.505 e. The van der Waals surface area contributed by atoms with Crippen LogP contribution in [-0.2, 0) is 6.54 Å². The van der Waals surface area contributed by atoms with E-state index in [4.69, 9.17) is 4.74 Å². The first-order valence-electron chi connectivity index (χ1n) is 5.69. The van der Waals surface area contributed by atoms with Gasteiger partial charge in [0.2, 0.25) is 0 Å². The molecule has 0 amide bonds. The van der Waals surface area contributed by atoms with Gasteiger partial charge in [-0.25, -0.2) is 4.39 Å². The molecule has 94 valence electrons. The summed E-state index contributed by atoms with van der Waals surface area (Å²) in [6, 6.07) is 2.92. The van der Waals surface area contributed by atoms with E-state index in [-0.39, 0.29) is 5.75 Å². The Morgan fingerprint density at radius 1 is 1.41 bits per heavy atom. The zero-order valence-electron chi connectivity index (χ0n) is 9.87. The standard InChI is InChI=1S/C12H17FN2O2/c1-17-10-6-9(12(13)11(16)7-10)8-15-4-2-14-3-5-15/h6-7,14,16H,2-5,8H2,1H3. The lowest BCUT2D eigenvalue weighted by Gasteiger charge is -2.27.